The Bertz CT molecular complexity index is 700. The second kappa shape index (κ2) is 6.80. The highest BCUT2D eigenvalue weighted by atomic mass is 19.1. The molecule has 22 heavy (non-hydrogen) atoms. The first-order chi connectivity index (χ1) is 10.5. The Morgan fingerprint density at radius 2 is 1.82 bits per heavy atom. The summed E-state index contributed by atoms with van der Waals surface area (Å²) in [6, 6.07) is 7.20. The van der Waals surface area contributed by atoms with Crippen LogP contribution in [0.25, 0.3) is 0 Å². The van der Waals surface area contributed by atoms with E-state index in [1.54, 1.807) is 12.1 Å². The standard InChI is InChI=1S/C16H13FO5/c1-21-16(20)14(19)9-13(18)12-6-7-22-15(12)8-10-2-4-11(17)5-3-10/h2-7H,8-9H2,1H3. The van der Waals surface area contributed by atoms with Crippen molar-refractivity contribution in [1.82, 2.24) is 0 Å². The van der Waals surface area contributed by atoms with E-state index in [1.165, 1.54) is 24.5 Å². The molecule has 0 aliphatic heterocycles. The molecular weight excluding hydrogens is 291 g/mol. The van der Waals surface area contributed by atoms with Gasteiger partial charge in [-0.05, 0) is 23.8 Å². The van der Waals surface area contributed by atoms with Crippen LogP contribution in [0.1, 0.15) is 28.1 Å². The van der Waals surface area contributed by atoms with Crippen LogP contribution in [0.2, 0.25) is 0 Å². The van der Waals surface area contributed by atoms with Crippen molar-refractivity contribution in [2.75, 3.05) is 7.11 Å². The molecule has 6 heteroatoms. The van der Waals surface area contributed by atoms with Crippen LogP contribution in [0.3, 0.4) is 0 Å². The van der Waals surface area contributed by atoms with Crippen LogP contribution in [-0.4, -0.2) is 24.6 Å². The van der Waals surface area contributed by atoms with E-state index in [0.29, 0.717) is 5.76 Å². The van der Waals surface area contributed by atoms with E-state index in [-0.39, 0.29) is 17.8 Å². The fraction of sp³-hybridized carbons (Fsp3) is 0.188. The summed E-state index contributed by atoms with van der Waals surface area (Å²) < 4.78 is 22.4. The van der Waals surface area contributed by atoms with Crippen molar-refractivity contribution in [1.29, 1.82) is 0 Å². The number of halogens is 1. The molecule has 0 radical (unpaired) electrons. The molecule has 1 aromatic heterocycles. The summed E-state index contributed by atoms with van der Waals surface area (Å²) in [6.45, 7) is 0. The molecule has 0 saturated carbocycles. The Kier molecular flexibility index (Phi) is 4.83. The molecule has 0 aliphatic carbocycles. The molecule has 0 atom stereocenters. The van der Waals surface area contributed by atoms with Crippen molar-refractivity contribution in [2.45, 2.75) is 12.8 Å². The molecule has 0 unspecified atom stereocenters. The predicted molar refractivity (Wildman–Crippen MR) is 73.9 cm³/mol. The topological polar surface area (TPSA) is 73.6 Å². The third kappa shape index (κ3) is 3.66. The van der Waals surface area contributed by atoms with Crippen molar-refractivity contribution in [3.05, 3.63) is 59.3 Å². The van der Waals surface area contributed by atoms with Crippen molar-refractivity contribution < 1.29 is 27.9 Å². The minimum atomic E-state index is -1.06. The first-order valence-electron chi connectivity index (χ1n) is 6.46. The van der Waals surface area contributed by atoms with Crippen LogP contribution in [0.5, 0.6) is 0 Å². The fourth-order valence-corrected chi connectivity index (χ4v) is 1.94. The predicted octanol–water partition coefficient (Wildman–Crippen LogP) is 2.32. The van der Waals surface area contributed by atoms with Crippen molar-refractivity contribution in [3.63, 3.8) is 0 Å². The number of esters is 1. The Balaban J connectivity index is 2.12. The molecular formula is C16H13FO5. The Hall–Kier alpha value is -2.76. The summed E-state index contributed by atoms with van der Waals surface area (Å²) in [5, 5.41) is 0. The van der Waals surface area contributed by atoms with E-state index in [1.807, 2.05) is 0 Å². The number of benzene rings is 1. The molecule has 0 bridgehead atoms. The lowest BCUT2D eigenvalue weighted by Crippen LogP contribution is -2.19. The lowest BCUT2D eigenvalue weighted by atomic mass is 10.0. The largest absolute Gasteiger partial charge is 0.468 e. The molecule has 2 aromatic rings. The lowest BCUT2D eigenvalue weighted by molar-refractivity contribution is -0.151. The van der Waals surface area contributed by atoms with Gasteiger partial charge in [0.25, 0.3) is 0 Å². The van der Waals surface area contributed by atoms with Crippen LogP contribution >= 0.6 is 0 Å². The SMILES string of the molecule is COC(=O)C(=O)CC(=O)c1ccoc1Cc1ccc(F)cc1. The van der Waals surface area contributed by atoms with Crippen LogP contribution < -0.4 is 0 Å². The maximum Gasteiger partial charge on any atom is 0.374 e. The third-order valence-corrected chi connectivity index (χ3v) is 3.06. The second-order valence-corrected chi connectivity index (χ2v) is 4.58. The Morgan fingerprint density at radius 3 is 2.45 bits per heavy atom. The molecule has 0 fully saturated rings. The molecule has 1 heterocycles. The van der Waals surface area contributed by atoms with Crippen molar-refractivity contribution in [3.8, 4) is 0 Å². The fourth-order valence-electron chi connectivity index (χ4n) is 1.94. The van der Waals surface area contributed by atoms with Crippen LogP contribution in [0.4, 0.5) is 4.39 Å². The van der Waals surface area contributed by atoms with Gasteiger partial charge in [0.05, 0.1) is 25.4 Å². The van der Waals surface area contributed by atoms with Gasteiger partial charge in [-0.1, -0.05) is 12.1 Å². The molecule has 0 N–H and O–H groups in total. The number of furan rings is 1. The molecule has 2 rings (SSSR count). The van der Waals surface area contributed by atoms with Gasteiger partial charge in [0.15, 0.2) is 5.78 Å². The number of ether oxygens (including phenoxy) is 1. The quantitative estimate of drug-likeness (QED) is 0.354. The van der Waals surface area contributed by atoms with Gasteiger partial charge in [-0.3, -0.25) is 9.59 Å². The highest BCUT2D eigenvalue weighted by Crippen LogP contribution is 2.18. The maximum absolute atomic E-state index is 12.9. The zero-order valence-electron chi connectivity index (χ0n) is 11.8. The van der Waals surface area contributed by atoms with Crippen molar-refractivity contribution in [2.24, 2.45) is 0 Å². The van der Waals surface area contributed by atoms with Gasteiger partial charge in [0.2, 0.25) is 5.78 Å². The van der Waals surface area contributed by atoms with Gasteiger partial charge < -0.3 is 9.15 Å². The van der Waals surface area contributed by atoms with Gasteiger partial charge in [-0.25, -0.2) is 9.18 Å². The number of ketones is 2. The summed E-state index contributed by atoms with van der Waals surface area (Å²) in [6.07, 6.45) is 1.03. The second-order valence-electron chi connectivity index (χ2n) is 4.58. The first-order valence-corrected chi connectivity index (χ1v) is 6.46. The highest BCUT2D eigenvalue weighted by molar-refractivity contribution is 6.38. The molecule has 114 valence electrons. The minimum absolute atomic E-state index is 0.224. The van der Waals surface area contributed by atoms with Crippen molar-refractivity contribution >= 4 is 17.5 Å². The molecule has 1 aromatic carbocycles. The average molecular weight is 304 g/mol. The molecule has 0 aliphatic rings. The van der Waals surface area contributed by atoms with Crippen LogP contribution in [0.15, 0.2) is 41.0 Å². The first kappa shape index (κ1) is 15.6. The lowest BCUT2D eigenvalue weighted by Gasteiger charge is -2.02. The number of methoxy groups -OCH3 is 1. The summed E-state index contributed by atoms with van der Waals surface area (Å²) >= 11 is 0. The number of hydrogen-bond donors (Lipinski definition) is 0. The van der Waals surface area contributed by atoms with Gasteiger partial charge in [-0.2, -0.15) is 0 Å². The number of rotatable bonds is 6. The van der Waals surface area contributed by atoms with Gasteiger partial charge in [0.1, 0.15) is 11.6 Å². The average Bonchev–Trinajstić information content (AvgIpc) is 2.96. The zero-order chi connectivity index (χ0) is 16.1. The number of Topliss-reactive ketones (excluding diaryl/α,β-unsaturated/α-hetero) is 2. The van der Waals surface area contributed by atoms with Gasteiger partial charge in [0, 0.05) is 6.42 Å². The smallest absolute Gasteiger partial charge is 0.374 e. The maximum atomic E-state index is 12.9. The monoisotopic (exact) mass is 304 g/mol. The summed E-state index contributed by atoms with van der Waals surface area (Å²) in [7, 11) is 1.07. The summed E-state index contributed by atoms with van der Waals surface area (Å²) in [5.41, 5.74) is 0.978. The molecule has 0 spiro atoms. The molecule has 0 saturated heterocycles. The zero-order valence-corrected chi connectivity index (χ0v) is 11.8. The summed E-state index contributed by atoms with van der Waals surface area (Å²) in [5.74, 6) is -2.50. The van der Waals surface area contributed by atoms with Crippen LogP contribution in [-0.2, 0) is 20.7 Å². The Labute approximate surface area is 125 Å². The third-order valence-electron chi connectivity index (χ3n) is 3.06. The van der Waals surface area contributed by atoms with E-state index in [0.717, 1.165) is 12.7 Å². The van der Waals surface area contributed by atoms with E-state index in [4.69, 9.17) is 4.42 Å². The number of hydrogen-bond acceptors (Lipinski definition) is 5. The molecule has 5 nitrogen and oxygen atoms in total. The Morgan fingerprint density at radius 1 is 1.14 bits per heavy atom. The minimum Gasteiger partial charge on any atom is -0.468 e. The van der Waals surface area contributed by atoms with E-state index < -0.39 is 24.0 Å². The van der Waals surface area contributed by atoms with Crippen LogP contribution in [0, 0.1) is 5.82 Å². The number of carbonyl (C=O) groups is 3. The van der Waals surface area contributed by atoms with Gasteiger partial charge in [-0.15, -0.1) is 0 Å². The highest BCUT2D eigenvalue weighted by Gasteiger charge is 2.22. The number of carbonyl (C=O) groups excluding carboxylic acids is 3. The van der Waals surface area contributed by atoms with E-state index >= 15 is 0 Å². The van der Waals surface area contributed by atoms with E-state index in [9.17, 15) is 18.8 Å². The van der Waals surface area contributed by atoms with Gasteiger partial charge >= 0.3 is 5.97 Å². The normalized spacial score (nSPS) is 10.3. The molecule has 0 amide bonds. The summed E-state index contributed by atoms with van der Waals surface area (Å²) in [4.78, 5) is 34.5. The van der Waals surface area contributed by atoms with E-state index in [2.05, 4.69) is 4.74 Å².